The fourth-order valence-corrected chi connectivity index (χ4v) is 1.75. The molecular weight excluding hydrogens is 343 g/mol. The standard InChI is InChI=1S/C12H13BrF3NO3/c1-2-5-19-7-11(18)17-8-3-4-10(9(13)6-8)20-12(14,15)16/h3-4,6H,2,5,7H2,1H3,(H,17,18). The molecule has 0 aliphatic rings. The largest absolute Gasteiger partial charge is 0.573 e. The Bertz CT molecular complexity index is 466. The van der Waals surface area contributed by atoms with Gasteiger partial charge in [0.15, 0.2) is 0 Å². The molecule has 0 saturated heterocycles. The summed E-state index contributed by atoms with van der Waals surface area (Å²) in [6.07, 6.45) is -3.97. The minimum absolute atomic E-state index is 0.0853. The summed E-state index contributed by atoms with van der Waals surface area (Å²) in [5, 5.41) is 2.50. The Kier molecular flexibility index (Phi) is 6.28. The van der Waals surface area contributed by atoms with Gasteiger partial charge in [-0.25, -0.2) is 0 Å². The van der Waals surface area contributed by atoms with Crippen LogP contribution in [0.25, 0.3) is 0 Å². The second-order valence-electron chi connectivity index (χ2n) is 3.79. The maximum absolute atomic E-state index is 12.1. The van der Waals surface area contributed by atoms with Crippen LogP contribution in [0.3, 0.4) is 0 Å². The van der Waals surface area contributed by atoms with Crippen molar-refractivity contribution in [2.24, 2.45) is 0 Å². The van der Waals surface area contributed by atoms with Gasteiger partial charge in [0, 0.05) is 12.3 Å². The molecule has 0 heterocycles. The summed E-state index contributed by atoms with van der Waals surface area (Å²) in [4.78, 5) is 11.4. The zero-order chi connectivity index (χ0) is 15.2. The molecule has 1 aromatic rings. The van der Waals surface area contributed by atoms with Gasteiger partial charge in [0.2, 0.25) is 5.91 Å². The fourth-order valence-electron chi connectivity index (χ4n) is 1.29. The molecule has 0 saturated carbocycles. The van der Waals surface area contributed by atoms with Crippen molar-refractivity contribution in [1.29, 1.82) is 0 Å². The molecule has 1 N–H and O–H groups in total. The molecule has 0 bridgehead atoms. The quantitative estimate of drug-likeness (QED) is 0.791. The molecule has 0 spiro atoms. The van der Waals surface area contributed by atoms with Gasteiger partial charge < -0.3 is 14.8 Å². The Balaban J connectivity index is 2.61. The van der Waals surface area contributed by atoms with E-state index in [2.05, 4.69) is 26.0 Å². The highest BCUT2D eigenvalue weighted by Gasteiger charge is 2.31. The van der Waals surface area contributed by atoms with Crippen LogP contribution in [0.4, 0.5) is 18.9 Å². The third-order valence-electron chi connectivity index (χ3n) is 2.02. The maximum atomic E-state index is 12.1. The van der Waals surface area contributed by atoms with Crippen molar-refractivity contribution < 1.29 is 27.4 Å². The van der Waals surface area contributed by atoms with Gasteiger partial charge in [0.25, 0.3) is 0 Å². The Hall–Kier alpha value is -1.28. The molecule has 1 rings (SSSR count). The third-order valence-corrected chi connectivity index (χ3v) is 2.64. The monoisotopic (exact) mass is 355 g/mol. The highest BCUT2D eigenvalue weighted by Crippen LogP contribution is 2.32. The van der Waals surface area contributed by atoms with Crippen LogP contribution in [0.2, 0.25) is 0 Å². The van der Waals surface area contributed by atoms with Crippen molar-refractivity contribution >= 4 is 27.5 Å². The number of hydrogen-bond donors (Lipinski definition) is 1. The van der Waals surface area contributed by atoms with E-state index in [4.69, 9.17) is 4.74 Å². The number of alkyl halides is 3. The van der Waals surface area contributed by atoms with Crippen LogP contribution in [-0.2, 0) is 9.53 Å². The van der Waals surface area contributed by atoms with E-state index in [1.165, 1.54) is 12.1 Å². The minimum Gasteiger partial charge on any atom is -0.405 e. The van der Waals surface area contributed by atoms with Gasteiger partial charge in [0.05, 0.1) is 4.47 Å². The van der Waals surface area contributed by atoms with E-state index < -0.39 is 6.36 Å². The van der Waals surface area contributed by atoms with Gasteiger partial charge in [-0.2, -0.15) is 0 Å². The lowest BCUT2D eigenvalue weighted by Gasteiger charge is -2.12. The molecule has 112 valence electrons. The number of hydrogen-bond acceptors (Lipinski definition) is 3. The summed E-state index contributed by atoms with van der Waals surface area (Å²) in [5.74, 6) is -0.757. The summed E-state index contributed by atoms with van der Waals surface area (Å²) in [6.45, 7) is 2.27. The SMILES string of the molecule is CCCOCC(=O)Nc1ccc(OC(F)(F)F)c(Br)c1. The number of ether oxygens (including phenoxy) is 2. The van der Waals surface area contributed by atoms with Crippen molar-refractivity contribution in [2.45, 2.75) is 19.7 Å². The molecule has 20 heavy (non-hydrogen) atoms. The number of halogens is 4. The van der Waals surface area contributed by atoms with Gasteiger partial charge in [-0.05, 0) is 40.5 Å². The average molecular weight is 356 g/mol. The van der Waals surface area contributed by atoms with E-state index in [0.29, 0.717) is 12.3 Å². The van der Waals surface area contributed by atoms with Crippen molar-refractivity contribution in [1.82, 2.24) is 0 Å². The zero-order valence-electron chi connectivity index (χ0n) is 10.6. The van der Waals surface area contributed by atoms with Gasteiger partial charge in [-0.1, -0.05) is 6.92 Å². The van der Waals surface area contributed by atoms with E-state index in [0.717, 1.165) is 12.5 Å². The number of rotatable bonds is 6. The normalized spacial score (nSPS) is 11.2. The maximum Gasteiger partial charge on any atom is 0.573 e. The van der Waals surface area contributed by atoms with Gasteiger partial charge in [-0.3, -0.25) is 4.79 Å². The van der Waals surface area contributed by atoms with Crippen LogP contribution >= 0.6 is 15.9 Å². The van der Waals surface area contributed by atoms with Crippen LogP contribution in [0.15, 0.2) is 22.7 Å². The molecule has 0 radical (unpaired) electrons. The molecule has 4 nitrogen and oxygen atoms in total. The Labute approximate surface area is 122 Å². The molecular formula is C12H13BrF3NO3. The molecule has 0 aliphatic heterocycles. The predicted octanol–water partition coefficient (Wildman–Crippen LogP) is 3.71. The smallest absolute Gasteiger partial charge is 0.405 e. The van der Waals surface area contributed by atoms with E-state index in [9.17, 15) is 18.0 Å². The molecule has 0 aromatic heterocycles. The van der Waals surface area contributed by atoms with Crippen molar-refractivity contribution in [3.05, 3.63) is 22.7 Å². The Morgan fingerprint density at radius 3 is 2.65 bits per heavy atom. The first-order valence-corrected chi connectivity index (χ1v) is 6.54. The first kappa shape index (κ1) is 16.8. The lowest BCUT2D eigenvalue weighted by atomic mass is 10.3. The number of carbonyl (C=O) groups is 1. The molecule has 0 fully saturated rings. The summed E-state index contributed by atoms with van der Waals surface area (Å²) in [5.41, 5.74) is 0.344. The molecule has 1 amide bonds. The van der Waals surface area contributed by atoms with Crippen molar-refractivity contribution in [3.63, 3.8) is 0 Å². The van der Waals surface area contributed by atoms with Crippen molar-refractivity contribution in [3.8, 4) is 5.75 Å². The summed E-state index contributed by atoms with van der Waals surface area (Å²) in [6, 6.07) is 3.74. The third kappa shape index (κ3) is 6.25. The van der Waals surface area contributed by atoms with Crippen LogP contribution in [0, 0.1) is 0 Å². The first-order chi connectivity index (χ1) is 9.31. The predicted molar refractivity (Wildman–Crippen MR) is 70.6 cm³/mol. The summed E-state index contributed by atoms with van der Waals surface area (Å²) >= 11 is 2.95. The zero-order valence-corrected chi connectivity index (χ0v) is 12.2. The second kappa shape index (κ2) is 7.49. The number of benzene rings is 1. The summed E-state index contributed by atoms with van der Waals surface area (Å²) in [7, 11) is 0. The highest BCUT2D eigenvalue weighted by atomic mass is 79.9. The van der Waals surface area contributed by atoms with E-state index in [1.54, 1.807) is 0 Å². The van der Waals surface area contributed by atoms with Crippen molar-refractivity contribution in [2.75, 3.05) is 18.5 Å². The van der Waals surface area contributed by atoms with E-state index in [-0.39, 0.29) is 22.7 Å². The molecule has 8 heteroatoms. The minimum atomic E-state index is -4.76. The Morgan fingerprint density at radius 2 is 2.10 bits per heavy atom. The average Bonchev–Trinajstić information content (AvgIpc) is 2.31. The van der Waals surface area contributed by atoms with Crippen LogP contribution < -0.4 is 10.1 Å². The topological polar surface area (TPSA) is 47.6 Å². The summed E-state index contributed by atoms with van der Waals surface area (Å²) < 4.78 is 45.1. The number of nitrogens with one attached hydrogen (secondary N) is 1. The number of amides is 1. The number of carbonyl (C=O) groups excluding carboxylic acids is 1. The molecule has 0 atom stereocenters. The fraction of sp³-hybridized carbons (Fsp3) is 0.417. The lowest BCUT2D eigenvalue weighted by Crippen LogP contribution is -2.19. The van der Waals surface area contributed by atoms with E-state index >= 15 is 0 Å². The highest BCUT2D eigenvalue weighted by molar-refractivity contribution is 9.10. The Morgan fingerprint density at radius 1 is 1.40 bits per heavy atom. The molecule has 0 aliphatic carbocycles. The van der Waals surface area contributed by atoms with Gasteiger partial charge in [-0.15, -0.1) is 13.2 Å². The van der Waals surface area contributed by atoms with Gasteiger partial charge >= 0.3 is 6.36 Å². The van der Waals surface area contributed by atoms with Gasteiger partial charge in [0.1, 0.15) is 12.4 Å². The van der Waals surface area contributed by atoms with Crippen LogP contribution in [-0.4, -0.2) is 25.5 Å². The number of anilines is 1. The lowest BCUT2D eigenvalue weighted by molar-refractivity contribution is -0.274. The van der Waals surface area contributed by atoms with Crippen LogP contribution in [0.1, 0.15) is 13.3 Å². The first-order valence-electron chi connectivity index (χ1n) is 5.74. The molecule has 0 unspecified atom stereocenters. The van der Waals surface area contributed by atoms with Crippen LogP contribution in [0.5, 0.6) is 5.75 Å². The molecule has 1 aromatic carbocycles. The second-order valence-corrected chi connectivity index (χ2v) is 4.65. The van der Waals surface area contributed by atoms with E-state index in [1.807, 2.05) is 6.92 Å².